The number of hydrogen-bond donors (Lipinski definition) is 1. The summed E-state index contributed by atoms with van der Waals surface area (Å²) in [5.41, 5.74) is 2.84. The molecule has 1 N–H and O–H groups in total. The summed E-state index contributed by atoms with van der Waals surface area (Å²) in [4.78, 5) is 2.63. The fraction of sp³-hybridized carbons (Fsp3) is 0.667. The zero-order valence-electron chi connectivity index (χ0n) is 12.9. The molecule has 2 nitrogen and oxygen atoms in total. The zero-order chi connectivity index (χ0) is 13.9. The van der Waals surface area contributed by atoms with Gasteiger partial charge in [-0.1, -0.05) is 38.0 Å². The Morgan fingerprint density at radius 1 is 1.25 bits per heavy atom. The van der Waals surface area contributed by atoms with Crippen LogP contribution in [0.3, 0.4) is 0 Å². The molecule has 2 aliphatic rings. The predicted molar refractivity (Wildman–Crippen MR) is 86.2 cm³/mol. The molecule has 3 atom stereocenters. The van der Waals surface area contributed by atoms with Crippen LogP contribution in [0.4, 0.5) is 5.69 Å². The molecular weight excluding hydrogens is 244 g/mol. The van der Waals surface area contributed by atoms with Crippen molar-refractivity contribution in [1.29, 1.82) is 0 Å². The van der Waals surface area contributed by atoms with Crippen molar-refractivity contribution in [2.24, 2.45) is 11.8 Å². The molecule has 2 heteroatoms. The Morgan fingerprint density at radius 3 is 2.95 bits per heavy atom. The second-order valence-corrected chi connectivity index (χ2v) is 6.97. The molecule has 0 amide bonds. The summed E-state index contributed by atoms with van der Waals surface area (Å²) < 4.78 is 0. The number of hydrogen-bond acceptors (Lipinski definition) is 2. The SMILES string of the molecule is CC1CCCC(N(C)CC2CNc3ccccc3C2)C1. The van der Waals surface area contributed by atoms with Crippen molar-refractivity contribution in [2.45, 2.75) is 45.1 Å². The third kappa shape index (κ3) is 3.17. The van der Waals surface area contributed by atoms with Gasteiger partial charge in [-0.15, -0.1) is 0 Å². The van der Waals surface area contributed by atoms with Gasteiger partial charge in [-0.05, 0) is 49.8 Å². The number of benzene rings is 1. The predicted octanol–water partition coefficient (Wildman–Crippen LogP) is 3.78. The number of nitrogens with zero attached hydrogens (tertiary/aromatic N) is 1. The van der Waals surface area contributed by atoms with Gasteiger partial charge in [-0.2, -0.15) is 0 Å². The van der Waals surface area contributed by atoms with Crippen LogP contribution in [0.15, 0.2) is 24.3 Å². The molecular formula is C18H28N2. The van der Waals surface area contributed by atoms with Crippen molar-refractivity contribution < 1.29 is 0 Å². The van der Waals surface area contributed by atoms with Crippen LogP contribution in [0.5, 0.6) is 0 Å². The summed E-state index contributed by atoms with van der Waals surface area (Å²) >= 11 is 0. The average Bonchev–Trinajstić information content (AvgIpc) is 2.47. The molecule has 110 valence electrons. The summed E-state index contributed by atoms with van der Waals surface area (Å²) in [5.74, 6) is 1.67. The molecule has 3 unspecified atom stereocenters. The summed E-state index contributed by atoms with van der Waals surface area (Å²) in [6.45, 7) is 4.78. The van der Waals surface area contributed by atoms with E-state index in [9.17, 15) is 0 Å². The first kappa shape index (κ1) is 13.9. The first-order valence-corrected chi connectivity index (χ1v) is 8.24. The second kappa shape index (κ2) is 6.17. The average molecular weight is 272 g/mol. The van der Waals surface area contributed by atoms with Gasteiger partial charge in [0.05, 0.1) is 0 Å². The molecule has 1 heterocycles. The zero-order valence-corrected chi connectivity index (χ0v) is 12.9. The van der Waals surface area contributed by atoms with E-state index in [4.69, 9.17) is 0 Å². The third-order valence-corrected chi connectivity index (χ3v) is 5.19. The van der Waals surface area contributed by atoms with E-state index in [1.165, 1.54) is 49.9 Å². The van der Waals surface area contributed by atoms with Gasteiger partial charge in [-0.25, -0.2) is 0 Å². The van der Waals surface area contributed by atoms with Crippen molar-refractivity contribution in [1.82, 2.24) is 4.90 Å². The molecule has 0 saturated heterocycles. The van der Waals surface area contributed by atoms with E-state index in [2.05, 4.69) is 48.5 Å². The highest BCUT2D eigenvalue weighted by Crippen LogP contribution is 2.29. The number of nitrogens with one attached hydrogen (secondary N) is 1. The van der Waals surface area contributed by atoms with Crippen LogP contribution in [0.2, 0.25) is 0 Å². The van der Waals surface area contributed by atoms with Crippen LogP contribution < -0.4 is 5.32 Å². The lowest BCUT2D eigenvalue weighted by molar-refractivity contribution is 0.145. The number of rotatable bonds is 3. The van der Waals surface area contributed by atoms with Crippen LogP contribution >= 0.6 is 0 Å². The van der Waals surface area contributed by atoms with Crippen LogP contribution in [-0.4, -0.2) is 31.1 Å². The Kier molecular flexibility index (Phi) is 4.30. The molecule has 0 aromatic heterocycles. The number of fused-ring (bicyclic) bond motifs is 1. The monoisotopic (exact) mass is 272 g/mol. The van der Waals surface area contributed by atoms with Gasteiger partial charge in [0.2, 0.25) is 0 Å². The number of anilines is 1. The minimum atomic E-state index is 0.757. The van der Waals surface area contributed by atoms with Crippen LogP contribution in [-0.2, 0) is 6.42 Å². The van der Waals surface area contributed by atoms with Crippen molar-refractivity contribution in [3.05, 3.63) is 29.8 Å². The standard InChI is InChI=1S/C18H28N2/c1-14-6-5-8-17(10-14)20(2)13-15-11-16-7-3-4-9-18(16)19-12-15/h3-4,7,9,14-15,17,19H,5-6,8,10-13H2,1-2H3. The third-order valence-electron chi connectivity index (χ3n) is 5.19. The van der Waals surface area contributed by atoms with Crippen LogP contribution in [0.1, 0.15) is 38.2 Å². The van der Waals surface area contributed by atoms with Gasteiger partial charge in [-0.3, -0.25) is 0 Å². The van der Waals surface area contributed by atoms with Crippen molar-refractivity contribution in [2.75, 3.05) is 25.5 Å². The quantitative estimate of drug-likeness (QED) is 0.901. The van der Waals surface area contributed by atoms with E-state index in [0.717, 1.165) is 24.4 Å². The highest BCUT2D eigenvalue weighted by molar-refractivity contribution is 5.53. The fourth-order valence-electron chi connectivity index (χ4n) is 4.00. The highest BCUT2D eigenvalue weighted by Gasteiger charge is 2.25. The number of para-hydroxylation sites is 1. The van der Waals surface area contributed by atoms with Gasteiger partial charge in [0.15, 0.2) is 0 Å². The largest absolute Gasteiger partial charge is 0.384 e. The summed E-state index contributed by atoms with van der Waals surface area (Å²) in [6, 6.07) is 9.59. The lowest BCUT2D eigenvalue weighted by atomic mass is 9.85. The molecule has 20 heavy (non-hydrogen) atoms. The second-order valence-electron chi connectivity index (χ2n) is 6.97. The Balaban J connectivity index is 1.56. The van der Waals surface area contributed by atoms with Crippen LogP contribution in [0.25, 0.3) is 0 Å². The van der Waals surface area contributed by atoms with Gasteiger partial charge >= 0.3 is 0 Å². The molecule has 0 bridgehead atoms. The molecule has 1 fully saturated rings. The Labute approximate surface area is 123 Å². The van der Waals surface area contributed by atoms with Crippen LogP contribution in [0, 0.1) is 11.8 Å². The van der Waals surface area contributed by atoms with E-state index >= 15 is 0 Å². The lowest BCUT2D eigenvalue weighted by Gasteiger charge is -2.37. The summed E-state index contributed by atoms with van der Waals surface area (Å²) in [6.07, 6.45) is 6.88. The maximum Gasteiger partial charge on any atom is 0.0372 e. The lowest BCUT2D eigenvalue weighted by Crippen LogP contribution is -2.41. The van der Waals surface area contributed by atoms with E-state index in [-0.39, 0.29) is 0 Å². The Morgan fingerprint density at radius 2 is 2.10 bits per heavy atom. The van der Waals surface area contributed by atoms with Crippen molar-refractivity contribution in [3.63, 3.8) is 0 Å². The molecule has 0 radical (unpaired) electrons. The minimum Gasteiger partial charge on any atom is -0.384 e. The van der Waals surface area contributed by atoms with Gasteiger partial charge in [0.25, 0.3) is 0 Å². The van der Waals surface area contributed by atoms with Crippen molar-refractivity contribution in [3.8, 4) is 0 Å². The van der Waals surface area contributed by atoms with Gasteiger partial charge in [0, 0.05) is 24.8 Å². The van der Waals surface area contributed by atoms with Crippen molar-refractivity contribution >= 4 is 5.69 Å². The summed E-state index contributed by atoms with van der Waals surface area (Å²) in [7, 11) is 2.34. The normalized spacial score (nSPS) is 29.9. The Hall–Kier alpha value is -1.02. The smallest absolute Gasteiger partial charge is 0.0372 e. The molecule has 1 aromatic rings. The first-order chi connectivity index (χ1) is 9.72. The molecule has 3 rings (SSSR count). The Bertz CT molecular complexity index is 443. The van der Waals surface area contributed by atoms with Gasteiger partial charge < -0.3 is 10.2 Å². The van der Waals surface area contributed by atoms with E-state index < -0.39 is 0 Å². The van der Waals surface area contributed by atoms with Gasteiger partial charge in [0.1, 0.15) is 0 Å². The fourth-order valence-corrected chi connectivity index (χ4v) is 4.00. The molecule has 1 aromatic carbocycles. The topological polar surface area (TPSA) is 15.3 Å². The molecule has 1 aliphatic heterocycles. The molecule has 1 aliphatic carbocycles. The van der Waals surface area contributed by atoms with E-state index in [1.807, 2.05) is 0 Å². The minimum absolute atomic E-state index is 0.757. The molecule has 0 spiro atoms. The van der Waals surface area contributed by atoms with E-state index in [1.54, 1.807) is 0 Å². The summed E-state index contributed by atoms with van der Waals surface area (Å²) in [5, 5.41) is 3.60. The molecule has 1 saturated carbocycles. The maximum absolute atomic E-state index is 3.60. The van der Waals surface area contributed by atoms with E-state index in [0.29, 0.717) is 0 Å². The first-order valence-electron chi connectivity index (χ1n) is 8.24. The highest BCUT2D eigenvalue weighted by atomic mass is 15.1. The maximum atomic E-state index is 3.60.